The summed E-state index contributed by atoms with van der Waals surface area (Å²) in [6, 6.07) is 22.4. The van der Waals surface area contributed by atoms with Gasteiger partial charge >= 0.3 is 0 Å². The Balaban J connectivity index is 1.85. The van der Waals surface area contributed by atoms with Crippen molar-refractivity contribution in [2.45, 2.75) is 19.1 Å². The molecule has 160 valence electrons. The number of aliphatic hydroxyl groups is 2. The van der Waals surface area contributed by atoms with E-state index in [-0.39, 0.29) is 6.61 Å². The van der Waals surface area contributed by atoms with Crippen molar-refractivity contribution >= 4 is 33.1 Å². The normalized spacial score (nSPS) is 12.5. The van der Waals surface area contributed by atoms with Gasteiger partial charge in [-0.05, 0) is 36.4 Å². The standard InChI is InChI=1S/C25H28N4O2/c26-18-7-9-21-22-10-8-19(27)14-24(22)29(12-4-11-28-15-20(31)16-30)25(23(21)13-18)17-5-2-1-3-6-17/h1-3,5-10,13-14,20,27-28,30-31H,4,11-12,15-16,26H2/p+1. The molecule has 1 aromatic heterocycles. The summed E-state index contributed by atoms with van der Waals surface area (Å²) in [5.41, 5.74) is 17.1. The molecule has 0 saturated carbocycles. The number of nitrogens with zero attached hydrogens (tertiary/aromatic N) is 1. The Kier molecular flexibility index (Phi) is 6.32. The third-order valence-corrected chi connectivity index (χ3v) is 5.54. The van der Waals surface area contributed by atoms with Crippen LogP contribution >= 0.6 is 0 Å². The lowest BCUT2D eigenvalue weighted by atomic mass is 9.98. The molecule has 6 heteroatoms. The number of hydrogen-bond donors (Lipinski definition) is 5. The average Bonchev–Trinajstić information content (AvgIpc) is 2.78. The molecule has 0 aliphatic carbocycles. The number of benzene rings is 3. The van der Waals surface area contributed by atoms with E-state index in [0.29, 0.717) is 6.54 Å². The third kappa shape index (κ3) is 4.46. The first-order valence-electron chi connectivity index (χ1n) is 10.6. The molecule has 6 nitrogen and oxygen atoms in total. The van der Waals surface area contributed by atoms with E-state index in [0.717, 1.165) is 63.8 Å². The molecule has 4 rings (SSSR count). The van der Waals surface area contributed by atoms with Crippen molar-refractivity contribution in [2.24, 2.45) is 0 Å². The summed E-state index contributed by atoms with van der Waals surface area (Å²) in [5, 5.41) is 25.1. The lowest BCUT2D eigenvalue weighted by Gasteiger charge is -2.14. The van der Waals surface area contributed by atoms with E-state index in [9.17, 15) is 5.11 Å². The second-order valence-electron chi connectivity index (χ2n) is 7.84. The Labute approximate surface area is 181 Å². The fourth-order valence-corrected chi connectivity index (χ4v) is 4.09. The maximum Gasteiger partial charge on any atom is 0.220 e. The number of nitrogens with two attached hydrogens (primary N) is 2. The number of nitrogen functional groups attached to an aromatic ring is 2. The summed E-state index contributed by atoms with van der Waals surface area (Å²) in [6.45, 7) is 1.61. The van der Waals surface area contributed by atoms with Crippen LogP contribution in [0.1, 0.15) is 6.42 Å². The van der Waals surface area contributed by atoms with Gasteiger partial charge < -0.3 is 27.0 Å². The second-order valence-corrected chi connectivity index (χ2v) is 7.84. The van der Waals surface area contributed by atoms with Gasteiger partial charge in [0.15, 0.2) is 6.54 Å². The Morgan fingerprint density at radius 3 is 2.32 bits per heavy atom. The second kappa shape index (κ2) is 9.31. The molecule has 0 fully saturated rings. The summed E-state index contributed by atoms with van der Waals surface area (Å²) in [6.07, 6.45) is 0.109. The summed E-state index contributed by atoms with van der Waals surface area (Å²) >= 11 is 0. The molecule has 0 bridgehead atoms. The Morgan fingerprint density at radius 1 is 0.871 bits per heavy atom. The minimum atomic E-state index is -0.739. The smallest absolute Gasteiger partial charge is 0.220 e. The highest BCUT2D eigenvalue weighted by atomic mass is 16.3. The summed E-state index contributed by atoms with van der Waals surface area (Å²) in [7, 11) is 0. The molecule has 1 unspecified atom stereocenters. The van der Waals surface area contributed by atoms with E-state index in [2.05, 4.69) is 34.1 Å². The van der Waals surface area contributed by atoms with Crippen LogP contribution in [0.5, 0.6) is 0 Å². The van der Waals surface area contributed by atoms with Gasteiger partial charge in [0.1, 0.15) is 0 Å². The molecule has 0 radical (unpaired) electrons. The molecule has 0 saturated heterocycles. The first-order chi connectivity index (χ1) is 15.1. The number of rotatable bonds is 8. The zero-order valence-corrected chi connectivity index (χ0v) is 17.5. The Bertz CT molecular complexity index is 1190. The van der Waals surface area contributed by atoms with Crippen LogP contribution in [0.2, 0.25) is 0 Å². The van der Waals surface area contributed by atoms with Crippen LogP contribution in [0.25, 0.3) is 32.9 Å². The van der Waals surface area contributed by atoms with Crippen LogP contribution in [-0.4, -0.2) is 36.0 Å². The van der Waals surface area contributed by atoms with Gasteiger partial charge in [0.25, 0.3) is 0 Å². The molecule has 1 heterocycles. The summed E-state index contributed by atoms with van der Waals surface area (Å²) in [4.78, 5) is 0. The van der Waals surface area contributed by atoms with Gasteiger partial charge in [-0.15, -0.1) is 0 Å². The number of anilines is 2. The topological polar surface area (TPSA) is 108 Å². The number of hydrogen-bond acceptors (Lipinski definition) is 5. The maximum atomic E-state index is 9.54. The van der Waals surface area contributed by atoms with Gasteiger partial charge in [-0.2, -0.15) is 4.57 Å². The highest BCUT2D eigenvalue weighted by Crippen LogP contribution is 2.33. The van der Waals surface area contributed by atoms with Crippen LogP contribution in [0.4, 0.5) is 11.4 Å². The van der Waals surface area contributed by atoms with Crippen LogP contribution < -0.4 is 21.4 Å². The predicted octanol–water partition coefficient (Wildman–Crippen LogP) is 2.44. The molecule has 0 aliphatic heterocycles. The van der Waals surface area contributed by atoms with E-state index >= 15 is 0 Å². The van der Waals surface area contributed by atoms with Gasteiger partial charge in [-0.1, -0.05) is 24.3 Å². The molecule has 1 atom stereocenters. The van der Waals surface area contributed by atoms with Crippen LogP contribution in [0, 0.1) is 0 Å². The Morgan fingerprint density at radius 2 is 1.58 bits per heavy atom. The number of aliphatic hydroxyl groups excluding tert-OH is 2. The first-order valence-corrected chi connectivity index (χ1v) is 10.6. The van der Waals surface area contributed by atoms with Gasteiger partial charge in [-0.3, -0.25) is 0 Å². The van der Waals surface area contributed by atoms with Gasteiger partial charge in [0.2, 0.25) is 11.2 Å². The van der Waals surface area contributed by atoms with Gasteiger partial charge in [0.05, 0.1) is 23.5 Å². The van der Waals surface area contributed by atoms with Crippen molar-refractivity contribution in [3.8, 4) is 11.3 Å². The number of nitrogens with one attached hydrogen (secondary N) is 1. The SMILES string of the molecule is Nc1ccc2c(c1)c(-c1ccccc1)[n+](CCCNCC(O)CO)c1cc(N)ccc21. The fourth-order valence-electron chi connectivity index (χ4n) is 4.09. The van der Waals surface area contributed by atoms with Crippen LogP contribution in [0.15, 0.2) is 66.7 Å². The third-order valence-electron chi connectivity index (χ3n) is 5.54. The fraction of sp³-hybridized carbons (Fsp3) is 0.240. The quantitative estimate of drug-likeness (QED) is 0.131. The largest absolute Gasteiger partial charge is 0.399 e. The number of aryl methyl sites for hydroxylation is 1. The molecular formula is C25H29N4O2+. The molecule has 0 amide bonds. The minimum Gasteiger partial charge on any atom is -0.399 e. The van der Waals surface area contributed by atoms with Gasteiger partial charge in [-0.25, -0.2) is 0 Å². The molecule has 7 N–H and O–H groups in total. The number of aromatic nitrogens is 1. The zero-order chi connectivity index (χ0) is 21.8. The van der Waals surface area contributed by atoms with E-state index in [1.54, 1.807) is 0 Å². The van der Waals surface area contributed by atoms with Crippen molar-refractivity contribution < 1.29 is 14.8 Å². The number of fused-ring (bicyclic) bond motifs is 3. The highest BCUT2D eigenvalue weighted by molar-refractivity contribution is 6.10. The molecule has 0 aliphatic rings. The first kappa shape index (κ1) is 21.1. The van der Waals surface area contributed by atoms with E-state index in [1.807, 2.05) is 42.5 Å². The van der Waals surface area contributed by atoms with E-state index in [1.165, 1.54) is 0 Å². The lowest BCUT2D eigenvalue weighted by molar-refractivity contribution is -0.659. The van der Waals surface area contributed by atoms with Crippen LogP contribution in [-0.2, 0) is 6.54 Å². The highest BCUT2D eigenvalue weighted by Gasteiger charge is 2.23. The van der Waals surface area contributed by atoms with Gasteiger partial charge in [0, 0.05) is 47.9 Å². The molecule has 0 spiro atoms. The molecular weight excluding hydrogens is 388 g/mol. The zero-order valence-electron chi connectivity index (χ0n) is 17.5. The summed E-state index contributed by atoms with van der Waals surface area (Å²) in [5.74, 6) is 0. The van der Waals surface area contributed by atoms with Crippen molar-refractivity contribution in [3.63, 3.8) is 0 Å². The predicted molar refractivity (Wildman–Crippen MR) is 126 cm³/mol. The van der Waals surface area contributed by atoms with Crippen LogP contribution in [0.3, 0.4) is 0 Å². The molecule has 3 aromatic carbocycles. The number of pyridine rings is 1. The minimum absolute atomic E-state index is 0.240. The molecule has 4 aromatic rings. The lowest BCUT2D eigenvalue weighted by Crippen LogP contribution is -2.39. The average molecular weight is 418 g/mol. The summed E-state index contributed by atoms with van der Waals surface area (Å²) < 4.78 is 2.31. The molecule has 31 heavy (non-hydrogen) atoms. The van der Waals surface area contributed by atoms with Crippen molar-refractivity contribution in [1.82, 2.24) is 5.32 Å². The van der Waals surface area contributed by atoms with Crippen molar-refractivity contribution in [2.75, 3.05) is 31.2 Å². The Hall–Kier alpha value is -3.19. The van der Waals surface area contributed by atoms with E-state index < -0.39 is 6.10 Å². The van der Waals surface area contributed by atoms with Crippen molar-refractivity contribution in [1.29, 1.82) is 0 Å². The van der Waals surface area contributed by atoms with Crippen molar-refractivity contribution in [3.05, 3.63) is 66.7 Å². The van der Waals surface area contributed by atoms with E-state index in [4.69, 9.17) is 16.6 Å². The maximum absolute atomic E-state index is 9.54. The monoisotopic (exact) mass is 417 g/mol.